The third kappa shape index (κ3) is 5.43. The van der Waals surface area contributed by atoms with Crippen molar-refractivity contribution in [3.63, 3.8) is 0 Å². The summed E-state index contributed by atoms with van der Waals surface area (Å²) in [6, 6.07) is 0. The standard InChI is InChI=1S/C11H22N4OS/c1-13-5-7-15(8-6-13)11(16)9-14(2)4-3-10(12)17/h3-9H2,1-2H3,(H2,12,17). The van der Waals surface area contributed by atoms with Gasteiger partial charge in [0.15, 0.2) is 0 Å². The van der Waals surface area contributed by atoms with Crippen molar-refractivity contribution in [1.29, 1.82) is 0 Å². The summed E-state index contributed by atoms with van der Waals surface area (Å²) in [5.74, 6) is 0.198. The van der Waals surface area contributed by atoms with Gasteiger partial charge in [0.05, 0.1) is 11.5 Å². The highest BCUT2D eigenvalue weighted by molar-refractivity contribution is 7.80. The maximum atomic E-state index is 12.0. The van der Waals surface area contributed by atoms with Gasteiger partial charge in [0.1, 0.15) is 0 Å². The summed E-state index contributed by atoms with van der Waals surface area (Å²) in [7, 11) is 4.00. The lowest BCUT2D eigenvalue weighted by Crippen LogP contribution is -2.49. The van der Waals surface area contributed by atoms with E-state index in [4.69, 9.17) is 18.0 Å². The van der Waals surface area contributed by atoms with E-state index in [9.17, 15) is 4.79 Å². The van der Waals surface area contributed by atoms with Crippen molar-refractivity contribution in [2.45, 2.75) is 6.42 Å². The minimum Gasteiger partial charge on any atom is -0.393 e. The topological polar surface area (TPSA) is 52.8 Å². The fraction of sp³-hybridized carbons (Fsp3) is 0.818. The van der Waals surface area contributed by atoms with Gasteiger partial charge in [-0.2, -0.15) is 0 Å². The number of likely N-dealkylation sites (N-methyl/N-ethyl adjacent to an activating group) is 2. The average molecular weight is 258 g/mol. The monoisotopic (exact) mass is 258 g/mol. The molecule has 2 N–H and O–H groups in total. The maximum Gasteiger partial charge on any atom is 0.236 e. The minimum absolute atomic E-state index is 0.198. The molecule has 1 aliphatic heterocycles. The van der Waals surface area contributed by atoms with Crippen LogP contribution < -0.4 is 5.73 Å². The summed E-state index contributed by atoms with van der Waals surface area (Å²) >= 11 is 4.82. The zero-order valence-corrected chi connectivity index (χ0v) is 11.5. The molecule has 0 radical (unpaired) electrons. The van der Waals surface area contributed by atoms with Crippen molar-refractivity contribution < 1.29 is 4.79 Å². The van der Waals surface area contributed by atoms with Crippen molar-refractivity contribution >= 4 is 23.1 Å². The van der Waals surface area contributed by atoms with Gasteiger partial charge in [0, 0.05) is 39.1 Å². The summed E-state index contributed by atoms with van der Waals surface area (Å²) in [6.45, 7) is 4.78. The smallest absolute Gasteiger partial charge is 0.236 e. The summed E-state index contributed by atoms with van der Waals surface area (Å²) < 4.78 is 0. The summed E-state index contributed by atoms with van der Waals surface area (Å²) in [6.07, 6.45) is 0.669. The molecule has 1 aliphatic rings. The number of amides is 1. The van der Waals surface area contributed by atoms with Gasteiger partial charge in [0.25, 0.3) is 0 Å². The third-order valence-electron chi connectivity index (χ3n) is 3.00. The molecule has 1 amide bonds. The number of nitrogens with two attached hydrogens (primary N) is 1. The Hall–Kier alpha value is -0.720. The summed E-state index contributed by atoms with van der Waals surface area (Å²) in [4.78, 5) is 18.6. The first kappa shape index (κ1) is 14.3. The van der Waals surface area contributed by atoms with Crippen LogP contribution in [-0.4, -0.2) is 79.0 Å². The third-order valence-corrected chi connectivity index (χ3v) is 3.21. The lowest BCUT2D eigenvalue weighted by Gasteiger charge is -2.33. The number of piperazine rings is 1. The van der Waals surface area contributed by atoms with Crippen LogP contribution in [0.1, 0.15) is 6.42 Å². The van der Waals surface area contributed by atoms with Gasteiger partial charge < -0.3 is 15.5 Å². The van der Waals surface area contributed by atoms with Gasteiger partial charge in [-0.1, -0.05) is 12.2 Å². The molecule has 1 heterocycles. The molecular weight excluding hydrogens is 236 g/mol. The Morgan fingerprint density at radius 3 is 2.47 bits per heavy atom. The highest BCUT2D eigenvalue weighted by Crippen LogP contribution is 2.00. The first-order valence-corrected chi connectivity index (χ1v) is 6.33. The molecule has 0 aromatic rings. The number of carbonyl (C=O) groups is 1. The number of thiocarbonyl (C=S) groups is 1. The number of carbonyl (C=O) groups excluding carboxylic acids is 1. The molecule has 0 unspecified atom stereocenters. The molecule has 0 aromatic heterocycles. The van der Waals surface area contributed by atoms with E-state index >= 15 is 0 Å². The number of rotatable bonds is 5. The Kier molecular flexibility index (Phi) is 5.80. The van der Waals surface area contributed by atoms with E-state index in [1.54, 1.807) is 0 Å². The van der Waals surface area contributed by atoms with Gasteiger partial charge in [-0.15, -0.1) is 0 Å². The Morgan fingerprint density at radius 1 is 1.35 bits per heavy atom. The highest BCUT2D eigenvalue weighted by Gasteiger charge is 2.19. The average Bonchev–Trinajstić information content (AvgIpc) is 2.27. The number of hydrogen-bond donors (Lipinski definition) is 1. The van der Waals surface area contributed by atoms with Gasteiger partial charge in [-0.3, -0.25) is 9.69 Å². The lowest BCUT2D eigenvalue weighted by atomic mass is 10.3. The molecule has 1 saturated heterocycles. The molecule has 0 saturated carbocycles. The molecule has 0 atom stereocenters. The van der Waals surface area contributed by atoms with Gasteiger partial charge in [-0.05, 0) is 14.1 Å². The van der Waals surface area contributed by atoms with Gasteiger partial charge in [0.2, 0.25) is 5.91 Å². The van der Waals surface area contributed by atoms with Gasteiger partial charge in [-0.25, -0.2) is 0 Å². The van der Waals surface area contributed by atoms with Crippen LogP contribution in [0.2, 0.25) is 0 Å². The highest BCUT2D eigenvalue weighted by atomic mass is 32.1. The first-order valence-electron chi connectivity index (χ1n) is 5.92. The predicted octanol–water partition coefficient (Wildman–Crippen LogP) is -0.632. The van der Waals surface area contributed by atoms with E-state index < -0.39 is 0 Å². The quantitative estimate of drug-likeness (QED) is 0.665. The van der Waals surface area contributed by atoms with Crippen molar-refractivity contribution in [2.24, 2.45) is 5.73 Å². The normalized spacial score (nSPS) is 17.5. The molecule has 98 valence electrons. The van der Waals surface area contributed by atoms with Crippen LogP contribution >= 0.6 is 12.2 Å². The molecule has 17 heavy (non-hydrogen) atoms. The van der Waals surface area contributed by atoms with Gasteiger partial charge >= 0.3 is 0 Å². The fourth-order valence-corrected chi connectivity index (χ4v) is 1.86. The van der Waals surface area contributed by atoms with Crippen LogP contribution in [0.25, 0.3) is 0 Å². The van der Waals surface area contributed by atoms with Crippen LogP contribution in [-0.2, 0) is 4.79 Å². The van der Waals surface area contributed by atoms with Crippen LogP contribution in [0.15, 0.2) is 0 Å². The molecule has 0 bridgehead atoms. The number of nitrogens with zero attached hydrogens (tertiary/aromatic N) is 3. The molecule has 0 spiro atoms. The Morgan fingerprint density at radius 2 is 1.94 bits per heavy atom. The van der Waals surface area contributed by atoms with Crippen molar-refractivity contribution in [1.82, 2.24) is 14.7 Å². The zero-order chi connectivity index (χ0) is 12.8. The minimum atomic E-state index is 0.198. The molecule has 0 aromatic carbocycles. The van der Waals surface area contributed by atoms with Crippen molar-refractivity contribution in [3.05, 3.63) is 0 Å². The number of hydrogen-bond acceptors (Lipinski definition) is 4. The van der Waals surface area contributed by atoms with Crippen LogP contribution in [0.4, 0.5) is 0 Å². The van der Waals surface area contributed by atoms with Crippen LogP contribution in [0.3, 0.4) is 0 Å². The van der Waals surface area contributed by atoms with Crippen LogP contribution in [0.5, 0.6) is 0 Å². The second-order valence-corrected chi connectivity index (χ2v) is 5.16. The largest absolute Gasteiger partial charge is 0.393 e. The molecule has 5 nitrogen and oxygen atoms in total. The predicted molar refractivity (Wildman–Crippen MR) is 73.0 cm³/mol. The second kappa shape index (κ2) is 6.88. The van der Waals surface area contributed by atoms with E-state index in [-0.39, 0.29) is 5.91 Å². The van der Waals surface area contributed by atoms with Crippen LogP contribution in [0, 0.1) is 0 Å². The first-order chi connectivity index (χ1) is 7.99. The SMILES string of the molecule is CN1CCN(C(=O)CN(C)CCC(N)=S)CC1. The lowest BCUT2D eigenvalue weighted by molar-refractivity contribution is -0.133. The second-order valence-electron chi connectivity index (χ2n) is 4.64. The zero-order valence-electron chi connectivity index (χ0n) is 10.7. The maximum absolute atomic E-state index is 12.0. The molecular formula is C11H22N4OS. The van der Waals surface area contributed by atoms with E-state index in [1.807, 2.05) is 16.8 Å². The Balaban J connectivity index is 2.26. The summed E-state index contributed by atoms with van der Waals surface area (Å²) in [5.41, 5.74) is 5.43. The van der Waals surface area contributed by atoms with E-state index in [0.717, 1.165) is 32.7 Å². The van der Waals surface area contributed by atoms with Crippen molar-refractivity contribution in [3.8, 4) is 0 Å². The fourth-order valence-electron chi connectivity index (χ4n) is 1.77. The Labute approximate surface area is 109 Å². The van der Waals surface area contributed by atoms with E-state index in [0.29, 0.717) is 18.0 Å². The van der Waals surface area contributed by atoms with Crippen molar-refractivity contribution in [2.75, 3.05) is 53.4 Å². The van der Waals surface area contributed by atoms with E-state index in [2.05, 4.69) is 11.9 Å². The van der Waals surface area contributed by atoms with E-state index in [1.165, 1.54) is 0 Å². The molecule has 1 fully saturated rings. The molecule has 6 heteroatoms. The Bertz CT molecular complexity index is 277. The molecule has 0 aliphatic carbocycles. The molecule has 1 rings (SSSR count). The summed E-state index contributed by atoms with van der Waals surface area (Å²) in [5, 5.41) is 0.